The summed E-state index contributed by atoms with van der Waals surface area (Å²) in [7, 11) is 0. The Hall–Kier alpha value is -6.47. The normalized spacial score (nSPS) is 10.4. The summed E-state index contributed by atoms with van der Waals surface area (Å²) in [6.07, 6.45) is 8.95. The molecule has 4 aromatic heterocycles. The van der Waals surface area contributed by atoms with Gasteiger partial charge in [-0.1, -0.05) is 60.7 Å². The second-order valence-electron chi connectivity index (χ2n) is 12.1. The molecule has 0 bridgehead atoms. The van der Waals surface area contributed by atoms with Gasteiger partial charge in [0.2, 0.25) is 4.77 Å². The lowest BCUT2D eigenvalue weighted by Crippen LogP contribution is -2.13. The molecule has 0 amide bonds. The Labute approximate surface area is 335 Å². The van der Waals surface area contributed by atoms with Crippen LogP contribution in [0.3, 0.4) is 0 Å². The van der Waals surface area contributed by atoms with Crippen LogP contribution in [0.1, 0.15) is 23.4 Å². The maximum atomic E-state index is 5.80. The SMILES string of the molecule is ClCCCc1ccc(Oc2ccccc2)cc1.S=c1nc(-c2cccnc2)[nH][nH]1.c1ccc(Oc2ccc(CNCc3nc(-c4cccnc4)n[nH]3)cc2)cc1. The molecule has 0 atom stereocenters. The van der Waals surface area contributed by atoms with Crippen LogP contribution in [0.4, 0.5) is 0 Å². The highest BCUT2D eigenvalue weighted by Gasteiger charge is 2.06. The molecule has 8 rings (SSSR count). The zero-order valence-electron chi connectivity index (χ0n) is 30.4. The molecule has 8 aromatic rings. The highest BCUT2D eigenvalue weighted by molar-refractivity contribution is 7.71. The van der Waals surface area contributed by atoms with Gasteiger partial charge in [0.15, 0.2) is 11.6 Å². The average Bonchev–Trinajstić information content (AvgIpc) is 3.93. The zero-order chi connectivity index (χ0) is 38.6. The second-order valence-corrected chi connectivity index (χ2v) is 12.9. The van der Waals surface area contributed by atoms with Crippen molar-refractivity contribution in [1.82, 2.24) is 45.6 Å². The highest BCUT2D eigenvalue weighted by Crippen LogP contribution is 2.23. The molecule has 0 aliphatic heterocycles. The maximum Gasteiger partial charge on any atom is 0.213 e. The summed E-state index contributed by atoms with van der Waals surface area (Å²) >= 11 is 10.5. The summed E-state index contributed by atoms with van der Waals surface area (Å²) in [4.78, 5) is 16.6. The van der Waals surface area contributed by atoms with Gasteiger partial charge >= 0.3 is 0 Å². The van der Waals surface area contributed by atoms with Crippen molar-refractivity contribution in [3.8, 4) is 45.8 Å². The van der Waals surface area contributed by atoms with E-state index in [1.54, 1.807) is 24.8 Å². The quantitative estimate of drug-likeness (QED) is 0.0664. The third kappa shape index (κ3) is 12.8. The predicted molar refractivity (Wildman–Crippen MR) is 222 cm³/mol. The first kappa shape index (κ1) is 39.2. The molecule has 0 unspecified atom stereocenters. The monoisotopic (exact) mass is 781 g/mol. The van der Waals surface area contributed by atoms with Gasteiger partial charge < -0.3 is 14.8 Å². The Kier molecular flexibility index (Phi) is 15.0. The number of H-pyrrole nitrogens is 3. The van der Waals surface area contributed by atoms with Crippen LogP contribution >= 0.6 is 23.8 Å². The predicted octanol–water partition coefficient (Wildman–Crippen LogP) is 10.1. The number of pyridine rings is 2. The van der Waals surface area contributed by atoms with Gasteiger partial charge in [-0.05, 0) is 109 Å². The smallest absolute Gasteiger partial charge is 0.213 e. The number of rotatable bonds is 13. The van der Waals surface area contributed by atoms with E-state index in [4.69, 9.17) is 33.3 Å². The Morgan fingerprint density at radius 1 is 0.589 bits per heavy atom. The van der Waals surface area contributed by atoms with Crippen molar-refractivity contribution >= 4 is 23.8 Å². The summed E-state index contributed by atoms with van der Waals surface area (Å²) in [6.45, 7) is 1.34. The third-order valence-corrected chi connectivity index (χ3v) is 8.37. The molecule has 11 nitrogen and oxygen atoms in total. The van der Waals surface area contributed by atoms with Crippen LogP contribution in [0.5, 0.6) is 23.0 Å². The van der Waals surface area contributed by atoms with E-state index in [0.29, 0.717) is 28.8 Å². The number of halogens is 1. The lowest BCUT2D eigenvalue weighted by molar-refractivity contribution is 0.482. The molecule has 13 heteroatoms. The Bertz CT molecular complexity index is 2340. The maximum absolute atomic E-state index is 5.80. The molecule has 0 saturated heterocycles. The molecule has 4 heterocycles. The van der Waals surface area contributed by atoms with Crippen LogP contribution in [0.2, 0.25) is 0 Å². The van der Waals surface area contributed by atoms with E-state index in [0.717, 1.165) is 59.3 Å². The van der Waals surface area contributed by atoms with Crippen molar-refractivity contribution in [2.24, 2.45) is 0 Å². The standard InChI is InChI=1S/C21H19N5O.C15H15ClO.C7H6N4S/c1-2-6-18(7-3-1)27-19-10-8-16(9-11-19)13-23-15-20-24-21(26-25-20)17-5-4-12-22-14-17;16-12-4-5-13-8-10-15(11-9-13)17-14-6-2-1-3-7-14;12-7-9-6(10-11-7)5-2-1-3-8-4-5/h1-12,14,23H,13,15H2,(H,24,25,26);1-3,6-11H,4-5,12H2;1-4H,(H2,9,10,11,12). The average molecular weight is 782 g/mol. The number of alkyl halides is 1. The number of aromatic nitrogens is 8. The number of benzene rings is 4. The number of para-hydroxylation sites is 2. The molecular formula is C43H40ClN9O2S. The first-order chi connectivity index (χ1) is 27.6. The number of aromatic amines is 3. The molecule has 0 aliphatic carbocycles. The topological polar surface area (TPSA) is 142 Å². The van der Waals surface area contributed by atoms with Gasteiger partial charge in [-0.3, -0.25) is 25.3 Å². The Balaban J connectivity index is 0.000000156. The fraction of sp³-hybridized carbons (Fsp3) is 0.116. The number of nitrogens with one attached hydrogen (secondary N) is 4. The van der Waals surface area contributed by atoms with Crippen molar-refractivity contribution in [2.75, 3.05) is 5.88 Å². The van der Waals surface area contributed by atoms with Gasteiger partial charge in [0.25, 0.3) is 0 Å². The van der Waals surface area contributed by atoms with Crippen molar-refractivity contribution in [3.05, 3.63) is 180 Å². The molecule has 4 aromatic carbocycles. The molecule has 0 aliphatic rings. The van der Waals surface area contributed by atoms with E-state index in [1.165, 1.54) is 11.1 Å². The zero-order valence-corrected chi connectivity index (χ0v) is 32.0. The number of ether oxygens (including phenoxy) is 2. The first-order valence-corrected chi connectivity index (χ1v) is 18.8. The Morgan fingerprint density at radius 2 is 1.16 bits per heavy atom. The van der Waals surface area contributed by atoms with E-state index in [-0.39, 0.29) is 0 Å². The summed E-state index contributed by atoms with van der Waals surface area (Å²) < 4.78 is 12.0. The molecule has 0 radical (unpaired) electrons. The molecule has 0 spiro atoms. The summed E-state index contributed by atoms with van der Waals surface area (Å²) in [5.41, 5.74) is 4.28. The van der Waals surface area contributed by atoms with Crippen molar-refractivity contribution < 1.29 is 9.47 Å². The molecule has 0 saturated carbocycles. The van der Waals surface area contributed by atoms with Crippen molar-refractivity contribution in [3.63, 3.8) is 0 Å². The molecule has 4 N–H and O–H groups in total. The van der Waals surface area contributed by atoms with Crippen LogP contribution in [0.15, 0.2) is 158 Å². The second kappa shape index (κ2) is 21.4. The Morgan fingerprint density at radius 3 is 1.70 bits per heavy atom. The van der Waals surface area contributed by atoms with Gasteiger partial charge in [-0.25, -0.2) is 4.98 Å². The van der Waals surface area contributed by atoms with Crippen LogP contribution < -0.4 is 14.8 Å². The van der Waals surface area contributed by atoms with Crippen molar-refractivity contribution in [1.29, 1.82) is 0 Å². The van der Waals surface area contributed by atoms with Gasteiger partial charge in [-0.2, -0.15) is 10.1 Å². The van der Waals surface area contributed by atoms with Crippen LogP contribution in [-0.4, -0.2) is 46.2 Å². The number of hydrogen-bond acceptors (Lipinski definition) is 9. The fourth-order valence-electron chi connectivity index (χ4n) is 5.15. The minimum atomic E-state index is 0.453. The number of hydrogen-bond donors (Lipinski definition) is 4. The highest BCUT2D eigenvalue weighted by atomic mass is 35.5. The summed E-state index contributed by atoms with van der Waals surface area (Å²) in [5, 5.41) is 16.1. The van der Waals surface area contributed by atoms with Gasteiger partial charge in [0, 0.05) is 48.3 Å². The lowest BCUT2D eigenvalue weighted by atomic mass is 10.1. The van der Waals surface area contributed by atoms with Gasteiger partial charge in [-0.15, -0.1) is 11.6 Å². The van der Waals surface area contributed by atoms with Gasteiger partial charge in [0.05, 0.1) is 6.54 Å². The van der Waals surface area contributed by atoms with E-state index in [9.17, 15) is 0 Å². The summed E-state index contributed by atoms with van der Waals surface area (Å²) in [6, 6.07) is 43.3. The minimum absolute atomic E-state index is 0.453. The molecule has 56 heavy (non-hydrogen) atoms. The van der Waals surface area contributed by atoms with Gasteiger partial charge in [0.1, 0.15) is 28.8 Å². The molecular weight excluding hydrogens is 742 g/mol. The molecule has 0 fully saturated rings. The first-order valence-electron chi connectivity index (χ1n) is 17.9. The third-order valence-electron chi connectivity index (χ3n) is 7.91. The summed E-state index contributed by atoms with van der Waals surface area (Å²) in [5.74, 6) is 6.25. The fourth-order valence-corrected chi connectivity index (χ4v) is 5.43. The number of nitrogens with zero attached hydrogens (tertiary/aromatic N) is 5. The van der Waals surface area contributed by atoms with Crippen LogP contribution in [-0.2, 0) is 19.5 Å². The minimum Gasteiger partial charge on any atom is -0.457 e. The molecule has 282 valence electrons. The lowest BCUT2D eigenvalue weighted by Gasteiger charge is -2.07. The van der Waals surface area contributed by atoms with E-state index < -0.39 is 0 Å². The van der Waals surface area contributed by atoms with E-state index >= 15 is 0 Å². The van der Waals surface area contributed by atoms with Crippen LogP contribution in [0.25, 0.3) is 22.8 Å². The van der Waals surface area contributed by atoms with E-state index in [1.807, 2.05) is 121 Å². The number of aryl methyl sites for hydroxylation is 1. The van der Waals surface area contributed by atoms with Crippen molar-refractivity contribution in [2.45, 2.75) is 25.9 Å². The van der Waals surface area contributed by atoms with Crippen LogP contribution in [0, 0.1) is 4.77 Å². The van der Waals surface area contributed by atoms with E-state index in [2.05, 4.69) is 57.8 Å². The largest absolute Gasteiger partial charge is 0.457 e.